The van der Waals surface area contributed by atoms with Crippen LogP contribution in [-0.2, 0) is 31.4 Å². The molecule has 2 heterocycles. The van der Waals surface area contributed by atoms with Crippen molar-refractivity contribution in [2.75, 3.05) is 13.1 Å². The van der Waals surface area contributed by atoms with E-state index in [1.165, 1.54) is 42.5 Å². The van der Waals surface area contributed by atoms with Gasteiger partial charge in [-0.25, -0.2) is 4.98 Å². The van der Waals surface area contributed by atoms with Gasteiger partial charge >= 0.3 is 0 Å². The maximum absolute atomic E-state index is 12.5. The minimum absolute atomic E-state index is 0.0419. The maximum atomic E-state index is 12.5. The predicted molar refractivity (Wildman–Crippen MR) is 123 cm³/mol. The van der Waals surface area contributed by atoms with Crippen LogP contribution in [0.15, 0.2) is 53.3 Å². The molecule has 1 fully saturated rings. The van der Waals surface area contributed by atoms with Crippen molar-refractivity contribution in [2.45, 2.75) is 45.2 Å². The van der Waals surface area contributed by atoms with E-state index in [-0.39, 0.29) is 11.5 Å². The Bertz CT molecular complexity index is 1100. The van der Waals surface area contributed by atoms with Gasteiger partial charge in [0.1, 0.15) is 5.82 Å². The van der Waals surface area contributed by atoms with Gasteiger partial charge in [-0.3, -0.25) is 19.1 Å². The van der Waals surface area contributed by atoms with Gasteiger partial charge in [0.25, 0.3) is 5.56 Å². The monoisotopic (exact) mass is 418 g/mol. The SMILES string of the molecule is Cn1c(CCC(=O)NCc2ccc(CN3CCCCC3)cc2)nc2ccccc2c1=O. The molecule has 1 aromatic heterocycles. The lowest BCUT2D eigenvalue weighted by Gasteiger charge is -2.26. The number of hydrogen-bond acceptors (Lipinski definition) is 4. The number of aryl methyl sites for hydroxylation is 1. The zero-order valence-electron chi connectivity index (χ0n) is 18.1. The molecular weight excluding hydrogens is 388 g/mol. The van der Waals surface area contributed by atoms with E-state index < -0.39 is 0 Å². The molecule has 1 amide bonds. The molecule has 1 saturated heterocycles. The highest BCUT2D eigenvalue weighted by Crippen LogP contribution is 2.14. The normalized spacial score (nSPS) is 14.6. The second-order valence-electron chi connectivity index (χ2n) is 8.34. The van der Waals surface area contributed by atoms with Crippen LogP contribution >= 0.6 is 0 Å². The second kappa shape index (κ2) is 9.88. The minimum atomic E-state index is -0.0781. The number of hydrogen-bond donors (Lipinski definition) is 1. The van der Waals surface area contributed by atoms with E-state index >= 15 is 0 Å². The molecule has 1 N–H and O–H groups in total. The van der Waals surface area contributed by atoms with Gasteiger partial charge in [-0.15, -0.1) is 0 Å². The highest BCUT2D eigenvalue weighted by Gasteiger charge is 2.11. The van der Waals surface area contributed by atoms with E-state index in [9.17, 15) is 9.59 Å². The first-order chi connectivity index (χ1) is 15.1. The van der Waals surface area contributed by atoms with Crippen molar-refractivity contribution >= 4 is 16.8 Å². The number of para-hydroxylation sites is 1. The van der Waals surface area contributed by atoms with E-state index in [1.807, 2.05) is 18.2 Å². The number of carbonyl (C=O) groups excluding carboxylic acids is 1. The van der Waals surface area contributed by atoms with Gasteiger partial charge in [0, 0.05) is 33.0 Å². The summed E-state index contributed by atoms with van der Waals surface area (Å²) in [4.78, 5) is 31.9. The first kappa shape index (κ1) is 21.2. The molecular formula is C25H30N4O2. The van der Waals surface area contributed by atoms with Gasteiger partial charge in [0.05, 0.1) is 10.9 Å². The van der Waals surface area contributed by atoms with Crippen LogP contribution in [0.3, 0.4) is 0 Å². The molecule has 1 aliphatic heterocycles. The van der Waals surface area contributed by atoms with Crippen molar-refractivity contribution in [3.8, 4) is 0 Å². The average molecular weight is 419 g/mol. The molecule has 4 rings (SSSR count). The quantitative estimate of drug-likeness (QED) is 0.640. The summed E-state index contributed by atoms with van der Waals surface area (Å²) in [6.45, 7) is 3.89. The Labute approximate surface area is 182 Å². The zero-order chi connectivity index (χ0) is 21.6. The molecule has 0 radical (unpaired) electrons. The molecule has 3 aromatic rings. The van der Waals surface area contributed by atoms with Crippen LogP contribution in [0.2, 0.25) is 0 Å². The molecule has 1 aliphatic rings. The van der Waals surface area contributed by atoms with Crippen molar-refractivity contribution < 1.29 is 4.79 Å². The first-order valence-electron chi connectivity index (χ1n) is 11.1. The average Bonchev–Trinajstić information content (AvgIpc) is 2.81. The van der Waals surface area contributed by atoms with E-state index in [4.69, 9.17) is 0 Å². The summed E-state index contributed by atoms with van der Waals surface area (Å²) in [6.07, 6.45) is 4.67. The molecule has 6 nitrogen and oxygen atoms in total. The lowest BCUT2D eigenvalue weighted by atomic mass is 10.1. The third kappa shape index (κ3) is 5.39. The van der Waals surface area contributed by atoms with Crippen LogP contribution in [0.25, 0.3) is 10.9 Å². The number of nitrogens with one attached hydrogen (secondary N) is 1. The van der Waals surface area contributed by atoms with Crippen molar-refractivity contribution in [1.29, 1.82) is 0 Å². The number of nitrogens with zero attached hydrogens (tertiary/aromatic N) is 3. The van der Waals surface area contributed by atoms with Crippen LogP contribution < -0.4 is 10.9 Å². The third-order valence-corrected chi connectivity index (χ3v) is 6.02. The summed E-state index contributed by atoms with van der Waals surface area (Å²) >= 11 is 0. The number of likely N-dealkylation sites (tertiary alicyclic amines) is 1. The Morgan fingerprint density at radius 3 is 2.48 bits per heavy atom. The topological polar surface area (TPSA) is 67.2 Å². The molecule has 0 atom stereocenters. The molecule has 0 spiro atoms. The summed E-state index contributed by atoms with van der Waals surface area (Å²) in [7, 11) is 1.71. The van der Waals surface area contributed by atoms with Crippen LogP contribution in [0.1, 0.15) is 42.6 Å². The summed E-state index contributed by atoms with van der Waals surface area (Å²) in [5.41, 5.74) is 3.00. The van der Waals surface area contributed by atoms with E-state index in [0.717, 1.165) is 12.1 Å². The predicted octanol–water partition coefficient (Wildman–Crippen LogP) is 3.17. The van der Waals surface area contributed by atoms with E-state index in [2.05, 4.69) is 39.5 Å². The van der Waals surface area contributed by atoms with Gasteiger partial charge in [-0.2, -0.15) is 0 Å². The van der Waals surface area contributed by atoms with E-state index in [0.29, 0.717) is 36.1 Å². The smallest absolute Gasteiger partial charge is 0.261 e. The molecule has 0 saturated carbocycles. The van der Waals surface area contributed by atoms with Crippen LogP contribution in [-0.4, -0.2) is 33.4 Å². The van der Waals surface area contributed by atoms with Gasteiger partial charge in [-0.05, 0) is 49.2 Å². The lowest BCUT2D eigenvalue weighted by molar-refractivity contribution is -0.121. The molecule has 6 heteroatoms. The summed E-state index contributed by atoms with van der Waals surface area (Å²) in [5, 5.41) is 3.58. The van der Waals surface area contributed by atoms with Crippen molar-refractivity contribution in [1.82, 2.24) is 19.8 Å². The molecule has 31 heavy (non-hydrogen) atoms. The summed E-state index contributed by atoms with van der Waals surface area (Å²) in [5.74, 6) is 0.584. The standard InChI is InChI=1S/C25H30N4O2/c1-28-23(27-22-8-4-3-7-21(22)25(28)31)13-14-24(30)26-17-19-9-11-20(12-10-19)18-29-15-5-2-6-16-29/h3-4,7-12H,2,5-6,13-18H2,1H3,(H,26,30). The fourth-order valence-electron chi connectivity index (χ4n) is 4.14. The minimum Gasteiger partial charge on any atom is -0.352 e. The fourth-order valence-corrected chi connectivity index (χ4v) is 4.14. The highest BCUT2D eigenvalue weighted by atomic mass is 16.1. The van der Waals surface area contributed by atoms with Crippen LogP contribution in [0, 0.1) is 0 Å². The Morgan fingerprint density at radius 1 is 1.00 bits per heavy atom. The van der Waals surface area contributed by atoms with E-state index in [1.54, 1.807) is 13.1 Å². The Kier molecular flexibility index (Phi) is 6.77. The largest absolute Gasteiger partial charge is 0.352 e. The lowest BCUT2D eigenvalue weighted by Crippen LogP contribution is -2.29. The first-order valence-corrected chi connectivity index (χ1v) is 11.1. The highest BCUT2D eigenvalue weighted by molar-refractivity contribution is 5.78. The Morgan fingerprint density at radius 2 is 1.71 bits per heavy atom. The molecule has 0 bridgehead atoms. The zero-order valence-corrected chi connectivity index (χ0v) is 18.1. The molecule has 0 aliphatic carbocycles. The van der Waals surface area contributed by atoms with Gasteiger partial charge in [0.15, 0.2) is 0 Å². The fraction of sp³-hybridized carbons (Fsp3) is 0.400. The number of aromatic nitrogens is 2. The second-order valence-corrected chi connectivity index (χ2v) is 8.34. The van der Waals surface area contributed by atoms with Crippen LogP contribution in [0.4, 0.5) is 0 Å². The maximum Gasteiger partial charge on any atom is 0.261 e. The Hall–Kier alpha value is -2.99. The number of rotatable bonds is 7. The number of benzene rings is 2. The van der Waals surface area contributed by atoms with Crippen LogP contribution in [0.5, 0.6) is 0 Å². The number of carbonyl (C=O) groups is 1. The number of fused-ring (bicyclic) bond motifs is 1. The van der Waals surface area contributed by atoms with Crippen molar-refractivity contribution in [3.63, 3.8) is 0 Å². The van der Waals surface area contributed by atoms with Gasteiger partial charge in [-0.1, -0.05) is 42.8 Å². The summed E-state index contributed by atoms with van der Waals surface area (Å²) < 4.78 is 1.54. The van der Waals surface area contributed by atoms with Gasteiger partial charge in [0.2, 0.25) is 5.91 Å². The molecule has 0 unspecified atom stereocenters. The number of piperidine rings is 1. The van der Waals surface area contributed by atoms with Crippen molar-refractivity contribution in [3.05, 3.63) is 75.8 Å². The van der Waals surface area contributed by atoms with Crippen molar-refractivity contribution in [2.24, 2.45) is 7.05 Å². The molecule has 2 aromatic carbocycles. The Balaban J connectivity index is 1.28. The summed E-state index contributed by atoms with van der Waals surface area (Å²) in [6, 6.07) is 15.8. The number of amides is 1. The third-order valence-electron chi connectivity index (χ3n) is 6.02. The molecule has 162 valence electrons. The van der Waals surface area contributed by atoms with Gasteiger partial charge < -0.3 is 5.32 Å².